The van der Waals surface area contributed by atoms with Crippen LogP contribution in [0.15, 0.2) is 76.5 Å². The Morgan fingerprint density at radius 2 is 1.47 bits per heavy atom. The number of anilines is 2. The van der Waals surface area contributed by atoms with Crippen molar-refractivity contribution < 1.29 is 21.6 Å². The molecule has 0 aliphatic heterocycles. The summed E-state index contributed by atoms with van der Waals surface area (Å²) in [5.74, 6) is -0.490. The van der Waals surface area contributed by atoms with Crippen molar-refractivity contribution in [3.8, 4) is 0 Å². The van der Waals surface area contributed by atoms with E-state index in [1.165, 1.54) is 36.4 Å². The number of carbonyl (C=O) groups excluding carboxylic acids is 1. The van der Waals surface area contributed by atoms with E-state index >= 15 is 0 Å². The molecule has 0 heterocycles. The van der Waals surface area contributed by atoms with Crippen LogP contribution in [-0.4, -0.2) is 28.8 Å². The van der Waals surface area contributed by atoms with Gasteiger partial charge in [-0.3, -0.25) is 9.52 Å². The van der Waals surface area contributed by atoms with E-state index in [0.29, 0.717) is 11.4 Å². The lowest BCUT2D eigenvalue weighted by molar-refractivity contribution is 0.102. The summed E-state index contributed by atoms with van der Waals surface area (Å²) in [5.41, 5.74) is 3.02. The first-order valence-electron chi connectivity index (χ1n) is 10.7. The van der Waals surface area contributed by atoms with Gasteiger partial charge in [-0.05, 0) is 92.4 Å². The fourth-order valence-corrected chi connectivity index (χ4v) is 5.64. The Morgan fingerprint density at radius 1 is 0.765 bits per heavy atom. The molecule has 3 aromatic carbocycles. The highest BCUT2D eigenvalue weighted by molar-refractivity contribution is 7.92. The molecular weight excluding hydrogens is 474 g/mol. The average Bonchev–Trinajstić information content (AvgIpc) is 3.60. The lowest BCUT2D eigenvalue weighted by Crippen LogP contribution is -2.25. The maximum absolute atomic E-state index is 12.7. The number of nitrogens with one attached hydrogen (secondary N) is 3. The van der Waals surface area contributed by atoms with Gasteiger partial charge in [-0.1, -0.05) is 12.1 Å². The second-order valence-electron chi connectivity index (χ2n) is 8.31. The minimum absolute atomic E-state index is 0.0153. The van der Waals surface area contributed by atoms with Crippen molar-refractivity contribution in [2.75, 3.05) is 10.0 Å². The van der Waals surface area contributed by atoms with Gasteiger partial charge in [0.05, 0.1) is 9.79 Å². The summed E-state index contributed by atoms with van der Waals surface area (Å²) in [4.78, 5) is 12.7. The van der Waals surface area contributed by atoms with E-state index in [4.69, 9.17) is 0 Å². The summed E-state index contributed by atoms with van der Waals surface area (Å²) < 4.78 is 55.4. The van der Waals surface area contributed by atoms with Gasteiger partial charge in [-0.25, -0.2) is 21.6 Å². The topological polar surface area (TPSA) is 121 Å². The van der Waals surface area contributed by atoms with E-state index in [2.05, 4.69) is 14.8 Å². The zero-order valence-electron chi connectivity index (χ0n) is 18.7. The summed E-state index contributed by atoms with van der Waals surface area (Å²) >= 11 is 0. The normalized spacial score (nSPS) is 13.9. The van der Waals surface area contributed by atoms with Gasteiger partial charge < -0.3 is 5.32 Å². The molecular formula is C24H25N3O5S2. The number of amides is 1. The molecule has 178 valence electrons. The summed E-state index contributed by atoms with van der Waals surface area (Å²) in [6.07, 6.45) is 1.64. The second-order valence-corrected chi connectivity index (χ2v) is 11.7. The largest absolute Gasteiger partial charge is 0.322 e. The molecule has 1 saturated carbocycles. The molecule has 3 N–H and O–H groups in total. The maximum Gasteiger partial charge on any atom is 0.261 e. The van der Waals surface area contributed by atoms with Crippen LogP contribution in [0.25, 0.3) is 0 Å². The second kappa shape index (κ2) is 9.21. The van der Waals surface area contributed by atoms with Crippen LogP contribution < -0.4 is 14.8 Å². The molecule has 0 bridgehead atoms. The number of hydrogen-bond acceptors (Lipinski definition) is 5. The highest BCUT2D eigenvalue weighted by Gasteiger charge is 2.28. The third kappa shape index (κ3) is 5.64. The number of hydrogen-bond donors (Lipinski definition) is 3. The molecule has 1 amide bonds. The molecule has 1 fully saturated rings. The summed E-state index contributed by atoms with van der Waals surface area (Å²) in [5, 5.41) is 2.65. The first-order valence-corrected chi connectivity index (χ1v) is 13.6. The van der Waals surface area contributed by atoms with E-state index in [9.17, 15) is 21.6 Å². The van der Waals surface area contributed by atoms with Crippen molar-refractivity contribution in [2.45, 2.75) is 42.5 Å². The fraction of sp³-hybridized carbons (Fsp3) is 0.208. The monoisotopic (exact) mass is 499 g/mol. The number of carbonyl (C=O) groups is 1. The molecule has 34 heavy (non-hydrogen) atoms. The standard InChI is InChI=1S/C24H25N3O5S2/c1-16-6-9-21(14-17(16)2)27-33(29,30)22-12-7-18(8-13-22)24(28)25-20-4-3-5-23(15-20)34(31,32)26-19-10-11-19/h3-9,12-15,19,26-27H,10-11H2,1-2H3,(H,25,28). The number of rotatable bonds is 8. The predicted molar refractivity (Wildman–Crippen MR) is 131 cm³/mol. The van der Waals surface area contributed by atoms with E-state index < -0.39 is 26.0 Å². The van der Waals surface area contributed by atoms with Gasteiger partial charge in [0, 0.05) is 23.0 Å². The Labute approximate surface area is 199 Å². The van der Waals surface area contributed by atoms with Gasteiger partial charge in [-0.2, -0.15) is 0 Å². The number of benzene rings is 3. The fourth-order valence-electron chi connectivity index (χ4n) is 3.24. The molecule has 0 spiro atoms. The average molecular weight is 500 g/mol. The molecule has 0 aromatic heterocycles. The van der Waals surface area contributed by atoms with Crippen LogP contribution in [-0.2, 0) is 20.0 Å². The molecule has 0 saturated heterocycles. The van der Waals surface area contributed by atoms with Crippen molar-refractivity contribution >= 4 is 37.3 Å². The van der Waals surface area contributed by atoms with Gasteiger partial charge in [0.2, 0.25) is 10.0 Å². The predicted octanol–water partition coefficient (Wildman–Crippen LogP) is 3.80. The minimum Gasteiger partial charge on any atom is -0.322 e. The van der Waals surface area contributed by atoms with Crippen LogP contribution in [0.1, 0.15) is 34.3 Å². The molecule has 8 nitrogen and oxygen atoms in total. The zero-order chi connectivity index (χ0) is 24.5. The van der Waals surface area contributed by atoms with Gasteiger partial charge in [-0.15, -0.1) is 0 Å². The van der Waals surface area contributed by atoms with Crippen molar-refractivity contribution in [1.82, 2.24) is 4.72 Å². The molecule has 0 atom stereocenters. The molecule has 3 aromatic rings. The highest BCUT2D eigenvalue weighted by atomic mass is 32.2. The van der Waals surface area contributed by atoms with Crippen LogP contribution in [0.4, 0.5) is 11.4 Å². The number of aryl methyl sites for hydroxylation is 2. The Bertz CT molecular complexity index is 1450. The van der Waals surface area contributed by atoms with Gasteiger partial charge in [0.1, 0.15) is 0 Å². The van der Waals surface area contributed by atoms with E-state index in [0.717, 1.165) is 24.0 Å². The third-order valence-electron chi connectivity index (χ3n) is 5.49. The van der Waals surface area contributed by atoms with Crippen molar-refractivity contribution in [3.63, 3.8) is 0 Å². The van der Waals surface area contributed by atoms with Crippen LogP contribution in [0.3, 0.4) is 0 Å². The summed E-state index contributed by atoms with van der Waals surface area (Å²) in [7, 11) is -7.47. The zero-order valence-corrected chi connectivity index (χ0v) is 20.3. The molecule has 10 heteroatoms. The lowest BCUT2D eigenvalue weighted by Gasteiger charge is -2.11. The smallest absolute Gasteiger partial charge is 0.261 e. The Kier molecular flexibility index (Phi) is 6.48. The first kappa shape index (κ1) is 23.9. The molecule has 1 aliphatic rings. The van der Waals surface area contributed by atoms with Crippen LogP contribution >= 0.6 is 0 Å². The molecule has 0 unspecified atom stereocenters. The third-order valence-corrected chi connectivity index (χ3v) is 8.40. The Balaban J connectivity index is 1.46. The minimum atomic E-state index is -3.83. The Morgan fingerprint density at radius 3 is 2.12 bits per heavy atom. The van der Waals surface area contributed by atoms with Crippen LogP contribution in [0.5, 0.6) is 0 Å². The van der Waals surface area contributed by atoms with Crippen LogP contribution in [0.2, 0.25) is 0 Å². The van der Waals surface area contributed by atoms with E-state index in [1.54, 1.807) is 24.3 Å². The van der Waals surface area contributed by atoms with E-state index in [-0.39, 0.29) is 21.4 Å². The highest BCUT2D eigenvalue weighted by Crippen LogP contribution is 2.24. The van der Waals surface area contributed by atoms with Crippen molar-refractivity contribution in [1.29, 1.82) is 0 Å². The van der Waals surface area contributed by atoms with E-state index in [1.807, 2.05) is 19.9 Å². The van der Waals surface area contributed by atoms with Crippen LogP contribution in [0, 0.1) is 13.8 Å². The summed E-state index contributed by atoms with van der Waals surface area (Å²) in [6, 6.07) is 16.7. The molecule has 1 aliphatic carbocycles. The lowest BCUT2D eigenvalue weighted by atomic mass is 10.1. The van der Waals surface area contributed by atoms with Crippen molar-refractivity contribution in [3.05, 3.63) is 83.4 Å². The van der Waals surface area contributed by atoms with Gasteiger partial charge >= 0.3 is 0 Å². The van der Waals surface area contributed by atoms with Gasteiger partial charge in [0.25, 0.3) is 15.9 Å². The first-order chi connectivity index (χ1) is 16.0. The quantitative estimate of drug-likeness (QED) is 0.435. The van der Waals surface area contributed by atoms with Gasteiger partial charge in [0.15, 0.2) is 0 Å². The number of sulfonamides is 2. The van der Waals surface area contributed by atoms with Crippen molar-refractivity contribution in [2.24, 2.45) is 0 Å². The molecule has 4 rings (SSSR count). The maximum atomic E-state index is 12.7. The summed E-state index contributed by atoms with van der Waals surface area (Å²) in [6.45, 7) is 3.84. The Hall–Kier alpha value is -3.21. The SMILES string of the molecule is Cc1ccc(NS(=O)(=O)c2ccc(C(=O)Nc3cccc(S(=O)(=O)NC4CC4)c3)cc2)cc1C. The molecule has 0 radical (unpaired) electrons.